The predicted molar refractivity (Wildman–Crippen MR) is 86.0 cm³/mol. The van der Waals surface area contributed by atoms with E-state index in [1.165, 1.54) is 5.56 Å². The van der Waals surface area contributed by atoms with Gasteiger partial charge in [0.15, 0.2) is 9.84 Å². The lowest BCUT2D eigenvalue weighted by atomic mass is 9.76. The SMILES string of the molecule is O=C([C@@H]1Cc2ccccc21)N1CCOC2(CCS(=O)(=O)CC2)C1. The highest BCUT2D eigenvalue weighted by Crippen LogP contribution is 2.38. The summed E-state index contributed by atoms with van der Waals surface area (Å²) < 4.78 is 29.2. The Balaban J connectivity index is 1.47. The topological polar surface area (TPSA) is 63.7 Å². The fourth-order valence-electron chi connectivity index (χ4n) is 3.95. The summed E-state index contributed by atoms with van der Waals surface area (Å²) in [6.45, 7) is 1.63. The van der Waals surface area contributed by atoms with Gasteiger partial charge in [0, 0.05) is 13.1 Å². The number of ether oxygens (including phenoxy) is 1. The molecular formula is C17H21NO4S. The number of amides is 1. The molecule has 6 heteroatoms. The number of nitrogens with zero attached hydrogens (tertiary/aromatic N) is 1. The molecule has 1 amide bonds. The number of benzene rings is 1. The van der Waals surface area contributed by atoms with Gasteiger partial charge in [0.25, 0.3) is 0 Å². The molecule has 124 valence electrons. The molecule has 0 radical (unpaired) electrons. The van der Waals surface area contributed by atoms with E-state index in [-0.39, 0.29) is 23.3 Å². The second kappa shape index (κ2) is 5.31. The first-order valence-electron chi connectivity index (χ1n) is 8.19. The van der Waals surface area contributed by atoms with Crippen LogP contribution in [0.2, 0.25) is 0 Å². The Morgan fingerprint density at radius 1 is 1.22 bits per heavy atom. The van der Waals surface area contributed by atoms with Crippen LogP contribution in [0.5, 0.6) is 0 Å². The lowest BCUT2D eigenvalue weighted by molar-refractivity contribution is -0.154. The summed E-state index contributed by atoms with van der Waals surface area (Å²) >= 11 is 0. The monoisotopic (exact) mass is 335 g/mol. The first-order chi connectivity index (χ1) is 11.0. The Hall–Kier alpha value is -1.40. The quantitative estimate of drug-likeness (QED) is 0.772. The molecule has 2 heterocycles. The van der Waals surface area contributed by atoms with Gasteiger partial charge in [0.1, 0.15) is 0 Å². The summed E-state index contributed by atoms with van der Waals surface area (Å²) in [5, 5.41) is 0. The van der Waals surface area contributed by atoms with Gasteiger partial charge in [0.05, 0.1) is 29.6 Å². The normalized spacial score (nSPS) is 28.0. The number of carbonyl (C=O) groups is 1. The molecule has 1 spiro atoms. The maximum absolute atomic E-state index is 12.8. The van der Waals surface area contributed by atoms with Crippen LogP contribution in [0.4, 0.5) is 0 Å². The summed E-state index contributed by atoms with van der Waals surface area (Å²) in [6.07, 6.45) is 1.81. The number of carbonyl (C=O) groups excluding carboxylic acids is 1. The van der Waals surface area contributed by atoms with Gasteiger partial charge in [-0.15, -0.1) is 0 Å². The summed E-state index contributed by atoms with van der Waals surface area (Å²) in [4.78, 5) is 14.7. The zero-order valence-corrected chi connectivity index (χ0v) is 13.8. The number of rotatable bonds is 1. The van der Waals surface area contributed by atoms with Gasteiger partial charge >= 0.3 is 0 Å². The van der Waals surface area contributed by atoms with Crippen molar-refractivity contribution in [2.45, 2.75) is 30.8 Å². The van der Waals surface area contributed by atoms with Crippen molar-refractivity contribution in [1.82, 2.24) is 4.90 Å². The second-order valence-corrected chi connectivity index (χ2v) is 9.20. The fraction of sp³-hybridized carbons (Fsp3) is 0.588. The smallest absolute Gasteiger partial charge is 0.230 e. The minimum absolute atomic E-state index is 0.0336. The third-order valence-electron chi connectivity index (χ3n) is 5.45. The van der Waals surface area contributed by atoms with Crippen LogP contribution in [0.15, 0.2) is 24.3 Å². The van der Waals surface area contributed by atoms with E-state index in [0.29, 0.717) is 32.5 Å². The largest absolute Gasteiger partial charge is 0.371 e. The highest BCUT2D eigenvalue weighted by Gasteiger charge is 2.44. The fourth-order valence-corrected chi connectivity index (χ4v) is 5.52. The maximum atomic E-state index is 12.8. The number of fused-ring (bicyclic) bond motifs is 1. The highest BCUT2D eigenvalue weighted by molar-refractivity contribution is 7.91. The Morgan fingerprint density at radius 2 is 1.96 bits per heavy atom. The van der Waals surface area contributed by atoms with E-state index in [4.69, 9.17) is 4.74 Å². The molecule has 1 aromatic rings. The number of morpholine rings is 1. The molecule has 1 atom stereocenters. The summed E-state index contributed by atoms with van der Waals surface area (Å²) in [5.41, 5.74) is 1.95. The van der Waals surface area contributed by atoms with E-state index in [1.54, 1.807) is 0 Å². The average molecular weight is 335 g/mol. The van der Waals surface area contributed by atoms with Gasteiger partial charge in [-0.25, -0.2) is 8.42 Å². The van der Waals surface area contributed by atoms with Crippen LogP contribution in [0, 0.1) is 0 Å². The highest BCUT2D eigenvalue weighted by atomic mass is 32.2. The van der Waals surface area contributed by atoms with E-state index in [1.807, 2.05) is 23.1 Å². The van der Waals surface area contributed by atoms with Gasteiger partial charge in [-0.05, 0) is 30.4 Å². The maximum Gasteiger partial charge on any atom is 0.230 e. The van der Waals surface area contributed by atoms with Gasteiger partial charge < -0.3 is 9.64 Å². The molecule has 2 aliphatic heterocycles. The van der Waals surface area contributed by atoms with Crippen LogP contribution in [-0.2, 0) is 25.8 Å². The molecule has 1 aromatic carbocycles. The zero-order valence-electron chi connectivity index (χ0n) is 13.0. The lowest BCUT2D eigenvalue weighted by Crippen LogP contribution is -2.57. The molecule has 0 unspecified atom stereocenters. The molecule has 0 aromatic heterocycles. The third kappa shape index (κ3) is 2.68. The minimum Gasteiger partial charge on any atom is -0.371 e. The summed E-state index contributed by atoms with van der Waals surface area (Å²) in [6, 6.07) is 8.09. The molecule has 0 saturated carbocycles. The molecule has 1 aliphatic carbocycles. The number of hydrogen-bond acceptors (Lipinski definition) is 4. The standard InChI is InChI=1S/C17H21NO4S/c19-16(15-11-13-3-1-2-4-14(13)15)18-7-8-22-17(12-18)5-9-23(20,21)10-6-17/h1-4,15H,5-12H2/t15-/m1/s1. The average Bonchev–Trinajstić information content (AvgIpc) is 2.52. The molecule has 0 bridgehead atoms. The molecule has 2 saturated heterocycles. The van der Waals surface area contributed by atoms with E-state index >= 15 is 0 Å². The van der Waals surface area contributed by atoms with Crippen molar-refractivity contribution in [3.8, 4) is 0 Å². The van der Waals surface area contributed by atoms with E-state index < -0.39 is 15.4 Å². The number of sulfone groups is 1. The second-order valence-electron chi connectivity index (χ2n) is 6.90. The molecule has 0 N–H and O–H groups in total. The van der Waals surface area contributed by atoms with Crippen LogP contribution in [-0.4, -0.2) is 56.0 Å². The Bertz CT molecular complexity index is 729. The van der Waals surface area contributed by atoms with Crippen LogP contribution in [0.3, 0.4) is 0 Å². The van der Waals surface area contributed by atoms with Crippen LogP contribution in [0.1, 0.15) is 29.9 Å². The molecule has 2 fully saturated rings. The summed E-state index contributed by atoms with van der Waals surface area (Å²) in [7, 11) is -2.93. The molecular weight excluding hydrogens is 314 g/mol. The van der Waals surface area contributed by atoms with Gasteiger partial charge in [-0.3, -0.25) is 4.79 Å². The Kier molecular flexibility index (Phi) is 3.50. The van der Waals surface area contributed by atoms with Crippen molar-refractivity contribution in [1.29, 1.82) is 0 Å². The first-order valence-corrected chi connectivity index (χ1v) is 10.0. The van der Waals surface area contributed by atoms with Crippen molar-refractivity contribution < 1.29 is 17.9 Å². The minimum atomic E-state index is -2.93. The van der Waals surface area contributed by atoms with E-state index in [2.05, 4.69) is 6.07 Å². The van der Waals surface area contributed by atoms with Crippen LogP contribution < -0.4 is 0 Å². The first kappa shape index (κ1) is 15.1. The van der Waals surface area contributed by atoms with Gasteiger partial charge in [-0.2, -0.15) is 0 Å². The Morgan fingerprint density at radius 3 is 2.70 bits per heavy atom. The van der Waals surface area contributed by atoms with Crippen molar-refractivity contribution in [2.24, 2.45) is 0 Å². The number of hydrogen-bond donors (Lipinski definition) is 0. The molecule has 3 aliphatic rings. The predicted octanol–water partition coefficient (Wildman–Crippen LogP) is 1.13. The van der Waals surface area contributed by atoms with Crippen LogP contribution >= 0.6 is 0 Å². The van der Waals surface area contributed by atoms with E-state index in [9.17, 15) is 13.2 Å². The zero-order chi connectivity index (χ0) is 16.1. The van der Waals surface area contributed by atoms with Crippen molar-refractivity contribution in [3.63, 3.8) is 0 Å². The van der Waals surface area contributed by atoms with Crippen molar-refractivity contribution in [3.05, 3.63) is 35.4 Å². The Labute approximate surface area is 136 Å². The molecule has 23 heavy (non-hydrogen) atoms. The van der Waals surface area contributed by atoms with Gasteiger partial charge in [-0.1, -0.05) is 24.3 Å². The van der Waals surface area contributed by atoms with Crippen LogP contribution in [0.25, 0.3) is 0 Å². The van der Waals surface area contributed by atoms with E-state index in [0.717, 1.165) is 12.0 Å². The third-order valence-corrected chi connectivity index (χ3v) is 7.10. The summed E-state index contributed by atoms with van der Waals surface area (Å²) in [5.74, 6) is 0.469. The lowest BCUT2D eigenvalue weighted by Gasteiger charge is -2.46. The molecule has 4 rings (SSSR count). The van der Waals surface area contributed by atoms with Gasteiger partial charge in [0.2, 0.25) is 5.91 Å². The van der Waals surface area contributed by atoms with Crippen molar-refractivity contribution >= 4 is 15.7 Å². The van der Waals surface area contributed by atoms with Crippen molar-refractivity contribution in [2.75, 3.05) is 31.2 Å². The molecule has 5 nitrogen and oxygen atoms in total.